The van der Waals surface area contributed by atoms with E-state index in [0.29, 0.717) is 25.3 Å². The van der Waals surface area contributed by atoms with Gasteiger partial charge in [0, 0.05) is 49.2 Å². The molecular weight excluding hydrogens is 438 g/mol. The van der Waals surface area contributed by atoms with E-state index in [1.165, 1.54) is 6.92 Å². The second kappa shape index (κ2) is 9.21. The minimum absolute atomic E-state index is 0.247. The molecule has 1 unspecified atom stereocenters. The summed E-state index contributed by atoms with van der Waals surface area (Å²) in [6.07, 6.45) is 2.28. The van der Waals surface area contributed by atoms with E-state index in [0.717, 1.165) is 44.9 Å². The third-order valence-electron chi connectivity index (χ3n) is 5.72. The molecule has 1 atom stereocenters. The van der Waals surface area contributed by atoms with Crippen molar-refractivity contribution in [2.45, 2.75) is 19.4 Å². The molecule has 0 aliphatic carbocycles. The summed E-state index contributed by atoms with van der Waals surface area (Å²) in [6.45, 7) is 4.49. The molecule has 1 fully saturated rings. The first kappa shape index (κ1) is 21.4. The molecule has 0 spiro atoms. The number of rotatable bonds is 6. The Labute approximate surface area is 194 Å². The zero-order chi connectivity index (χ0) is 22.8. The van der Waals surface area contributed by atoms with Crippen molar-refractivity contribution in [3.05, 3.63) is 54.2 Å². The lowest BCUT2D eigenvalue weighted by atomic mass is 10.0. The predicted octanol–water partition coefficient (Wildman–Crippen LogP) is 3.30. The quantitative estimate of drug-likeness (QED) is 0.408. The van der Waals surface area contributed by atoms with Crippen LogP contribution in [0.1, 0.15) is 12.5 Å². The molecule has 2 aromatic carbocycles. The van der Waals surface area contributed by atoms with Crippen LogP contribution in [0, 0.1) is 0 Å². The molecule has 5 rings (SSSR count). The normalized spacial score (nSPS) is 15.0. The van der Waals surface area contributed by atoms with Crippen molar-refractivity contribution < 1.29 is 14.3 Å². The van der Waals surface area contributed by atoms with Crippen molar-refractivity contribution >= 4 is 55.1 Å². The summed E-state index contributed by atoms with van der Waals surface area (Å²) in [5.74, 6) is -0.504. The lowest BCUT2D eigenvalue weighted by molar-refractivity contribution is -0.125. The average Bonchev–Trinajstić information content (AvgIpc) is 3.43. The number of nitrogens with one attached hydrogen (secondary N) is 3. The van der Waals surface area contributed by atoms with Gasteiger partial charge in [0.15, 0.2) is 5.13 Å². The molecule has 2 amide bonds. The highest BCUT2D eigenvalue weighted by Crippen LogP contribution is 2.31. The molecule has 0 bridgehead atoms. The number of aromatic nitrogens is 2. The van der Waals surface area contributed by atoms with Gasteiger partial charge in [-0.05, 0) is 29.8 Å². The van der Waals surface area contributed by atoms with E-state index in [4.69, 9.17) is 9.72 Å². The van der Waals surface area contributed by atoms with Crippen LogP contribution in [0.2, 0.25) is 0 Å². The van der Waals surface area contributed by atoms with Crippen LogP contribution in [0.3, 0.4) is 0 Å². The van der Waals surface area contributed by atoms with Crippen LogP contribution in [-0.2, 0) is 20.7 Å². The predicted molar refractivity (Wildman–Crippen MR) is 131 cm³/mol. The molecule has 2 aromatic heterocycles. The van der Waals surface area contributed by atoms with Gasteiger partial charge in [-0.15, -0.1) is 0 Å². The van der Waals surface area contributed by atoms with Crippen LogP contribution in [0.25, 0.3) is 21.1 Å². The van der Waals surface area contributed by atoms with Gasteiger partial charge < -0.3 is 25.3 Å². The number of anilines is 2. The molecule has 3 heterocycles. The molecule has 3 N–H and O–H groups in total. The van der Waals surface area contributed by atoms with Gasteiger partial charge in [-0.3, -0.25) is 9.59 Å². The number of carbonyl (C=O) groups is 2. The van der Waals surface area contributed by atoms with E-state index in [9.17, 15) is 9.59 Å². The molecule has 9 heteroatoms. The number of nitrogens with zero attached hydrogens (tertiary/aromatic N) is 2. The highest BCUT2D eigenvalue weighted by molar-refractivity contribution is 7.22. The molecule has 0 saturated carbocycles. The number of benzene rings is 2. The summed E-state index contributed by atoms with van der Waals surface area (Å²) in [7, 11) is 0. The number of amides is 2. The van der Waals surface area contributed by atoms with Gasteiger partial charge in [-0.2, -0.15) is 0 Å². The van der Waals surface area contributed by atoms with Crippen molar-refractivity contribution in [3.63, 3.8) is 0 Å². The Morgan fingerprint density at radius 1 is 1.21 bits per heavy atom. The first-order chi connectivity index (χ1) is 16.1. The molecule has 0 radical (unpaired) electrons. The summed E-state index contributed by atoms with van der Waals surface area (Å²) in [6, 6.07) is 12.9. The topological polar surface area (TPSA) is 99.3 Å². The number of morpholine rings is 1. The maximum Gasteiger partial charge on any atom is 0.247 e. The fourth-order valence-corrected chi connectivity index (χ4v) is 5.14. The summed E-state index contributed by atoms with van der Waals surface area (Å²) in [5, 5.41) is 7.77. The van der Waals surface area contributed by atoms with Gasteiger partial charge in [0.2, 0.25) is 11.8 Å². The van der Waals surface area contributed by atoms with Crippen LogP contribution >= 0.6 is 11.3 Å². The lowest BCUT2D eigenvalue weighted by Gasteiger charge is -2.25. The number of aromatic amines is 1. The number of ether oxygens (including phenoxy) is 1. The highest BCUT2D eigenvalue weighted by atomic mass is 32.1. The van der Waals surface area contributed by atoms with Gasteiger partial charge >= 0.3 is 0 Å². The molecule has 8 nitrogen and oxygen atoms in total. The highest BCUT2D eigenvalue weighted by Gasteiger charge is 2.22. The molecule has 170 valence electrons. The zero-order valence-electron chi connectivity index (χ0n) is 18.3. The largest absolute Gasteiger partial charge is 0.378 e. The number of para-hydroxylation sites is 1. The summed E-state index contributed by atoms with van der Waals surface area (Å²) in [4.78, 5) is 35.1. The Hall–Kier alpha value is -3.43. The first-order valence-electron chi connectivity index (χ1n) is 10.9. The Kier molecular flexibility index (Phi) is 5.97. The van der Waals surface area contributed by atoms with Crippen LogP contribution in [0.15, 0.2) is 48.7 Å². The molecule has 33 heavy (non-hydrogen) atoms. The Balaban J connectivity index is 1.34. The van der Waals surface area contributed by atoms with Crippen molar-refractivity contribution in [3.8, 4) is 0 Å². The van der Waals surface area contributed by atoms with E-state index < -0.39 is 6.04 Å². The molecule has 1 saturated heterocycles. The smallest absolute Gasteiger partial charge is 0.247 e. The number of fused-ring (bicyclic) bond motifs is 2. The van der Waals surface area contributed by atoms with Crippen LogP contribution in [-0.4, -0.2) is 54.1 Å². The van der Waals surface area contributed by atoms with E-state index in [1.807, 2.05) is 48.7 Å². The van der Waals surface area contributed by atoms with E-state index >= 15 is 0 Å². The number of H-pyrrole nitrogens is 1. The molecular formula is C24H25N5O3S. The Morgan fingerprint density at radius 2 is 2.03 bits per heavy atom. The minimum Gasteiger partial charge on any atom is -0.378 e. The zero-order valence-corrected chi connectivity index (χ0v) is 19.1. The first-order valence-corrected chi connectivity index (χ1v) is 11.7. The van der Waals surface area contributed by atoms with Crippen LogP contribution in [0.5, 0.6) is 0 Å². The van der Waals surface area contributed by atoms with Gasteiger partial charge in [0.05, 0.1) is 23.4 Å². The van der Waals surface area contributed by atoms with Gasteiger partial charge in [-0.25, -0.2) is 4.98 Å². The second-order valence-electron chi connectivity index (χ2n) is 8.08. The number of thiazole rings is 1. The second-order valence-corrected chi connectivity index (χ2v) is 9.09. The van der Waals surface area contributed by atoms with Crippen molar-refractivity contribution in [2.75, 3.05) is 36.5 Å². The maximum absolute atomic E-state index is 13.1. The third-order valence-corrected chi connectivity index (χ3v) is 6.80. The van der Waals surface area contributed by atoms with E-state index in [-0.39, 0.29) is 11.8 Å². The van der Waals surface area contributed by atoms with Gasteiger partial charge in [0.1, 0.15) is 6.04 Å². The number of hydrogen-bond donors (Lipinski definition) is 3. The maximum atomic E-state index is 13.1. The van der Waals surface area contributed by atoms with E-state index in [2.05, 4.69) is 20.5 Å². The van der Waals surface area contributed by atoms with E-state index in [1.54, 1.807) is 11.3 Å². The SMILES string of the molecule is CC(=O)NC(Cc1c[nH]c2ccccc12)C(=O)Nc1ccc2nc(N3CCOCC3)sc2c1. The van der Waals surface area contributed by atoms with Crippen molar-refractivity contribution in [1.82, 2.24) is 15.3 Å². The fraction of sp³-hybridized carbons (Fsp3) is 0.292. The fourth-order valence-electron chi connectivity index (χ4n) is 4.08. The van der Waals surface area contributed by atoms with Gasteiger partial charge in [0.25, 0.3) is 0 Å². The molecule has 1 aliphatic rings. The summed E-state index contributed by atoms with van der Waals surface area (Å²) < 4.78 is 6.43. The number of carbonyl (C=O) groups excluding carboxylic acids is 2. The molecule has 1 aliphatic heterocycles. The van der Waals surface area contributed by atoms with Crippen LogP contribution in [0.4, 0.5) is 10.8 Å². The lowest BCUT2D eigenvalue weighted by Crippen LogP contribution is -2.44. The van der Waals surface area contributed by atoms with Crippen molar-refractivity contribution in [2.24, 2.45) is 0 Å². The standard InChI is InChI=1S/C24H25N5O3S/c1-15(30)26-21(12-16-14-25-19-5-3-2-4-18(16)19)23(31)27-17-6-7-20-22(13-17)33-24(28-20)29-8-10-32-11-9-29/h2-7,13-14,21,25H,8-12H2,1H3,(H,26,30)(H,27,31). The van der Waals surface area contributed by atoms with Crippen molar-refractivity contribution in [1.29, 1.82) is 0 Å². The Bertz CT molecular complexity index is 1310. The van der Waals surface area contributed by atoms with Crippen LogP contribution < -0.4 is 15.5 Å². The summed E-state index contributed by atoms with van der Waals surface area (Å²) >= 11 is 1.60. The third kappa shape index (κ3) is 4.69. The number of hydrogen-bond acceptors (Lipinski definition) is 6. The monoisotopic (exact) mass is 463 g/mol. The van der Waals surface area contributed by atoms with Gasteiger partial charge in [-0.1, -0.05) is 29.5 Å². The average molecular weight is 464 g/mol. The summed E-state index contributed by atoms with van der Waals surface area (Å²) in [5.41, 5.74) is 3.56. The Morgan fingerprint density at radius 3 is 2.85 bits per heavy atom. The minimum atomic E-state index is -0.692. The molecule has 4 aromatic rings.